The minimum atomic E-state index is -0.214. The van der Waals surface area contributed by atoms with Crippen LogP contribution in [0.4, 0.5) is 0 Å². The number of guanidine groups is 1. The molecule has 1 aromatic carbocycles. The zero-order valence-electron chi connectivity index (χ0n) is 17.2. The highest BCUT2D eigenvalue weighted by Gasteiger charge is 2.34. The number of rotatable bonds is 5. The van der Waals surface area contributed by atoms with Crippen molar-refractivity contribution >= 4 is 41.3 Å². The van der Waals surface area contributed by atoms with Gasteiger partial charge in [0.25, 0.3) is 0 Å². The van der Waals surface area contributed by atoms with Crippen LogP contribution in [0.2, 0.25) is 0 Å². The molecule has 1 aliphatic heterocycles. The van der Waals surface area contributed by atoms with E-state index >= 15 is 0 Å². The van der Waals surface area contributed by atoms with Crippen LogP contribution in [0.3, 0.4) is 0 Å². The summed E-state index contributed by atoms with van der Waals surface area (Å²) in [6.45, 7) is 5.06. The topological polar surface area (TPSA) is 48.9 Å². The van der Waals surface area contributed by atoms with Gasteiger partial charge in [0.1, 0.15) is 11.4 Å². The molecule has 0 saturated heterocycles. The van der Waals surface area contributed by atoms with E-state index in [1.54, 1.807) is 11.3 Å². The molecule has 2 unspecified atom stereocenters. The number of hydrogen-bond donors (Lipinski definition) is 2. The van der Waals surface area contributed by atoms with Gasteiger partial charge in [0.15, 0.2) is 5.96 Å². The van der Waals surface area contributed by atoms with Crippen molar-refractivity contribution in [2.75, 3.05) is 27.7 Å². The molecule has 0 aliphatic carbocycles. The average Bonchev–Trinajstić information content (AvgIpc) is 3.13. The number of fused-ring (bicyclic) bond motifs is 1. The zero-order valence-corrected chi connectivity index (χ0v) is 20.4. The molecule has 0 saturated carbocycles. The molecular formula is C21H31IN4OS. The van der Waals surface area contributed by atoms with E-state index in [0.717, 1.165) is 24.7 Å². The maximum absolute atomic E-state index is 6.14. The second-order valence-corrected chi connectivity index (χ2v) is 8.73. The number of hydrogen-bond acceptors (Lipinski definition) is 4. The van der Waals surface area contributed by atoms with E-state index < -0.39 is 0 Å². The first-order valence-electron chi connectivity index (χ1n) is 9.34. The Bertz CT molecular complexity index is 776. The van der Waals surface area contributed by atoms with Gasteiger partial charge < -0.3 is 20.3 Å². The fourth-order valence-electron chi connectivity index (χ4n) is 3.50. The lowest BCUT2D eigenvalue weighted by Gasteiger charge is -2.38. The molecule has 28 heavy (non-hydrogen) atoms. The van der Waals surface area contributed by atoms with Crippen LogP contribution >= 0.6 is 35.3 Å². The highest BCUT2D eigenvalue weighted by atomic mass is 127. The summed E-state index contributed by atoms with van der Waals surface area (Å²) >= 11 is 1.79. The first kappa shape index (κ1) is 23.0. The van der Waals surface area contributed by atoms with Crippen molar-refractivity contribution in [1.29, 1.82) is 0 Å². The molecule has 0 radical (unpaired) electrons. The molecule has 154 valence electrons. The number of nitrogens with one attached hydrogen (secondary N) is 2. The maximum Gasteiger partial charge on any atom is 0.191 e. The molecule has 5 nitrogen and oxygen atoms in total. The van der Waals surface area contributed by atoms with Crippen LogP contribution in [0.1, 0.15) is 42.8 Å². The molecule has 3 rings (SSSR count). The van der Waals surface area contributed by atoms with E-state index in [4.69, 9.17) is 4.74 Å². The maximum atomic E-state index is 6.14. The Labute approximate surface area is 189 Å². The Morgan fingerprint density at radius 2 is 2.04 bits per heavy atom. The van der Waals surface area contributed by atoms with Crippen LogP contribution in [0.25, 0.3) is 0 Å². The van der Waals surface area contributed by atoms with Crippen molar-refractivity contribution in [2.24, 2.45) is 4.99 Å². The number of likely N-dealkylation sites (N-methyl/N-ethyl adjacent to an activating group) is 1. The molecule has 2 aromatic rings. The Morgan fingerprint density at radius 1 is 1.29 bits per heavy atom. The minimum Gasteiger partial charge on any atom is -0.487 e. The summed E-state index contributed by atoms with van der Waals surface area (Å²) in [5.74, 6) is 1.77. The van der Waals surface area contributed by atoms with Gasteiger partial charge in [-0.3, -0.25) is 4.99 Å². The van der Waals surface area contributed by atoms with Crippen molar-refractivity contribution in [3.8, 4) is 5.75 Å². The van der Waals surface area contributed by atoms with Gasteiger partial charge >= 0.3 is 0 Å². The summed E-state index contributed by atoms with van der Waals surface area (Å²) in [6.07, 6.45) is 0.882. The number of ether oxygens (including phenoxy) is 1. The predicted octanol–water partition coefficient (Wildman–Crippen LogP) is 4.44. The number of aliphatic imine (C=N–C) groups is 1. The Hall–Kier alpha value is -1.32. The normalized spacial score (nSPS) is 19.2. The average molecular weight is 514 g/mol. The van der Waals surface area contributed by atoms with Gasteiger partial charge in [-0.15, -0.1) is 35.3 Å². The molecule has 0 amide bonds. The van der Waals surface area contributed by atoms with Crippen molar-refractivity contribution in [1.82, 2.24) is 15.5 Å². The van der Waals surface area contributed by atoms with Crippen molar-refractivity contribution in [3.05, 3.63) is 52.2 Å². The molecule has 2 heterocycles. The predicted molar refractivity (Wildman–Crippen MR) is 129 cm³/mol. The second-order valence-electron chi connectivity index (χ2n) is 7.75. The molecule has 1 aliphatic rings. The van der Waals surface area contributed by atoms with E-state index in [9.17, 15) is 0 Å². The SMILES string of the molecule is CN=C(NCC(c1cccs1)N(C)C)NC1CC(C)(C)Oc2ccccc21.I. The highest BCUT2D eigenvalue weighted by Crippen LogP contribution is 2.39. The third-order valence-electron chi connectivity index (χ3n) is 4.87. The molecule has 0 fully saturated rings. The van der Waals surface area contributed by atoms with Crippen LogP contribution in [0, 0.1) is 0 Å². The van der Waals surface area contributed by atoms with Gasteiger partial charge in [-0.25, -0.2) is 0 Å². The zero-order chi connectivity index (χ0) is 19.4. The number of benzene rings is 1. The van der Waals surface area contributed by atoms with Crippen LogP contribution in [0.5, 0.6) is 5.75 Å². The molecule has 2 N–H and O–H groups in total. The fourth-order valence-corrected chi connectivity index (χ4v) is 4.43. The van der Waals surface area contributed by atoms with Gasteiger partial charge in [-0.2, -0.15) is 0 Å². The van der Waals surface area contributed by atoms with Crippen molar-refractivity contribution < 1.29 is 4.74 Å². The Kier molecular flexibility index (Phi) is 8.15. The molecule has 0 bridgehead atoms. The van der Waals surface area contributed by atoms with Crippen LogP contribution in [-0.2, 0) is 0 Å². The van der Waals surface area contributed by atoms with Crippen LogP contribution < -0.4 is 15.4 Å². The molecule has 0 spiro atoms. The third-order valence-corrected chi connectivity index (χ3v) is 5.84. The van der Waals surface area contributed by atoms with E-state index in [1.165, 1.54) is 10.4 Å². The summed E-state index contributed by atoms with van der Waals surface area (Å²) in [7, 11) is 6.04. The highest BCUT2D eigenvalue weighted by molar-refractivity contribution is 14.0. The number of halogens is 1. The smallest absolute Gasteiger partial charge is 0.191 e. The van der Waals surface area contributed by atoms with E-state index in [2.05, 4.69) is 78.1 Å². The molecule has 7 heteroatoms. The molecule has 1 aromatic heterocycles. The standard InChI is InChI=1S/C21H30N4OS.HI/c1-21(2)13-16(15-9-6-7-10-18(15)26-21)24-20(22-3)23-14-17(25(4)5)19-11-8-12-27-19;/h6-12,16-17H,13-14H2,1-5H3,(H2,22,23,24);1H. The lowest BCUT2D eigenvalue weighted by molar-refractivity contribution is 0.0694. The van der Waals surface area contributed by atoms with Crippen molar-refractivity contribution in [3.63, 3.8) is 0 Å². The Morgan fingerprint density at radius 3 is 2.68 bits per heavy atom. The summed E-state index contributed by atoms with van der Waals surface area (Å²) < 4.78 is 6.14. The van der Waals surface area contributed by atoms with Gasteiger partial charge in [0.2, 0.25) is 0 Å². The molecular weight excluding hydrogens is 483 g/mol. The number of nitrogens with zero attached hydrogens (tertiary/aromatic N) is 2. The summed E-state index contributed by atoms with van der Waals surface area (Å²) in [4.78, 5) is 8.04. The third kappa shape index (κ3) is 5.61. The number of para-hydroxylation sites is 1. The first-order valence-corrected chi connectivity index (χ1v) is 10.2. The van der Waals surface area contributed by atoms with E-state index in [0.29, 0.717) is 6.04 Å². The quantitative estimate of drug-likeness (QED) is 0.352. The lowest BCUT2D eigenvalue weighted by Crippen LogP contribution is -2.46. The lowest BCUT2D eigenvalue weighted by atomic mass is 9.90. The Balaban J connectivity index is 0.00000280. The second kappa shape index (κ2) is 9.93. The minimum absolute atomic E-state index is 0. The van der Waals surface area contributed by atoms with E-state index in [-0.39, 0.29) is 35.6 Å². The number of thiophene rings is 1. The summed E-state index contributed by atoms with van der Waals surface area (Å²) in [5.41, 5.74) is 0.968. The molecule has 2 atom stereocenters. The first-order chi connectivity index (χ1) is 12.9. The van der Waals surface area contributed by atoms with Gasteiger partial charge in [-0.05, 0) is 45.5 Å². The van der Waals surface area contributed by atoms with Gasteiger partial charge in [0, 0.05) is 30.5 Å². The fraction of sp³-hybridized carbons (Fsp3) is 0.476. The monoisotopic (exact) mass is 514 g/mol. The van der Waals surface area contributed by atoms with Gasteiger partial charge in [-0.1, -0.05) is 24.3 Å². The van der Waals surface area contributed by atoms with Crippen molar-refractivity contribution in [2.45, 2.75) is 38.0 Å². The van der Waals surface area contributed by atoms with Gasteiger partial charge in [0.05, 0.1) is 12.1 Å². The van der Waals surface area contributed by atoms with Crippen LogP contribution in [-0.4, -0.2) is 44.1 Å². The summed E-state index contributed by atoms with van der Waals surface area (Å²) in [5, 5.41) is 9.23. The van der Waals surface area contributed by atoms with Crippen LogP contribution in [0.15, 0.2) is 46.8 Å². The van der Waals surface area contributed by atoms with E-state index in [1.807, 2.05) is 19.2 Å². The summed E-state index contributed by atoms with van der Waals surface area (Å²) in [6, 6.07) is 13.0. The largest absolute Gasteiger partial charge is 0.487 e.